The van der Waals surface area contributed by atoms with Crippen molar-refractivity contribution in [2.75, 3.05) is 0 Å². The minimum Gasteiger partial charge on any atom is -0.295 e. The Balaban J connectivity index is 1.57. The van der Waals surface area contributed by atoms with E-state index >= 15 is 0 Å². The largest absolute Gasteiger partial charge is 0.295 e. The Morgan fingerprint density at radius 1 is 0.742 bits per heavy atom. The molecule has 0 heterocycles. The van der Waals surface area contributed by atoms with Crippen molar-refractivity contribution in [1.29, 1.82) is 0 Å². The molecular weight excluding hydrogens is 376 g/mol. The number of fused-ring (bicyclic) bond motifs is 7. The maximum Gasteiger partial charge on any atom is 0.158 e. The topological polar surface area (TPSA) is 17.1 Å². The van der Waals surface area contributed by atoms with Gasteiger partial charge in [-0.05, 0) is 114 Å². The molecule has 0 radical (unpaired) electrons. The highest BCUT2D eigenvalue weighted by Crippen LogP contribution is 2.78. The molecule has 4 saturated carbocycles. The fourth-order valence-electron chi connectivity index (χ4n) is 10.7. The maximum atomic E-state index is 12.6. The molecular formula is C30H48O. The van der Waals surface area contributed by atoms with Crippen LogP contribution < -0.4 is 0 Å². The van der Waals surface area contributed by atoms with Gasteiger partial charge in [0.05, 0.1) is 0 Å². The van der Waals surface area contributed by atoms with E-state index in [4.69, 9.17) is 0 Å². The monoisotopic (exact) mass is 424 g/mol. The molecule has 5 rings (SSSR count). The summed E-state index contributed by atoms with van der Waals surface area (Å²) >= 11 is 0. The van der Waals surface area contributed by atoms with E-state index in [-0.39, 0.29) is 11.3 Å². The van der Waals surface area contributed by atoms with Crippen LogP contribution >= 0.6 is 0 Å². The van der Waals surface area contributed by atoms with Crippen LogP contribution in [-0.2, 0) is 4.79 Å². The fourth-order valence-corrected chi connectivity index (χ4v) is 10.7. The van der Waals surface area contributed by atoms with Gasteiger partial charge in [-0.15, -0.1) is 0 Å². The molecule has 0 saturated heterocycles. The van der Waals surface area contributed by atoms with Crippen LogP contribution in [0.2, 0.25) is 0 Å². The molecule has 31 heavy (non-hydrogen) atoms. The highest BCUT2D eigenvalue weighted by atomic mass is 16.1. The Labute approximate surface area is 192 Å². The van der Waals surface area contributed by atoms with E-state index < -0.39 is 0 Å². The minimum atomic E-state index is 0.150. The Hall–Kier alpha value is -0.590. The second-order valence-corrected chi connectivity index (χ2v) is 15.0. The first kappa shape index (κ1) is 22.2. The van der Waals surface area contributed by atoms with Crippen LogP contribution in [0.1, 0.15) is 113 Å². The molecule has 5 aliphatic rings. The average molecular weight is 425 g/mol. The number of hydrogen-bond donors (Lipinski definition) is 0. The summed E-state index contributed by atoms with van der Waals surface area (Å²) in [7, 11) is 0. The lowest BCUT2D eigenvalue weighted by atomic mass is 9.30. The average Bonchev–Trinajstić information content (AvgIpc) is 2.69. The van der Waals surface area contributed by atoms with E-state index in [1.54, 1.807) is 0 Å². The number of hydrogen-bond acceptors (Lipinski definition) is 1. The third-order valence-electron chi connectivity index (χ3n) is 13.3. The van der Waals surface area contributed by atoms with Crippen molar-refractivity contribution in [1.82, 2.24) is 0 Å². The Morgan fingerprint density at radius 2 is 1.35 bits per heavy atom. The second kappa shape index (κ2) is 6.29. The van der Waals surface area contributed by atoms with Gasteiger partial charge in [0.2, 0.25) is 0 Å². The molecule has 0 aromatic carbocycles. The SMILES string of the molecule is C[C@H]1C(=O)C=C[C@@H]2[C@]1(C)CC[C@H]1[C@@]2(C)CC[C@@]2(C)[C@@H]3CC(C)(C)CC[C@]3(C)CC[C@]12C. The molecule has 9 atom stereocenters. The molecule has 0 amide bonds. The lowest BCUT2D eigenvalue weighted by Crippen LogP contribution is -2.67. The number of carbonyl (C=O) groups is 1. The standard InChI is InChI=1S/C30H48O/c1-20-21(31)9-10-22-27(20,5)12-11-23-28(22,6)16-18-30(8)24-19-25(2,3)13-14-26(24,4)15-17-29(23,30)7/h9-10,20,22-24H,11-19H2,1-8H3/t20-,22+,23-,24+,26+,27+,28-,29+,30-/m0/s1. The number of carbonyl (C=O) groups excluding carboxylic acids is 1. The van der Waals surface area contributed by atoms with Crippen LogP contribution in [-0.4, -0.2) is 5.78 Å². The van der Waals surface area contributed by atoms with E-state index in [1.165, 1.54) is 57.8 Å². The predicted octanol–water partition coefficient (Wildman–Crippen LogP) is 8.23. The van der Waals surface area contributed by atoms with Gasteiger partial charge in [0, 0.05) is 5.92 Å². The molecule has 0 spiro atoms. The van der Waals surface area contributed by atoms with E-state index in [2.05, 4.69) is 61.5 Å². The zero-order valence-corrected chi connectivity index (χ0v) is 21.7. The normalized spacial score (nSPS) is 58.0. The molecule has 0 aromatic heterocycles. The van der Waals surface area contributed by atoms with Crippen LogP contribution in [0.5, 0.6) is 0 Å². The van der Waals surface area contributed by atoms with Crippen LogP contribution in [0.15, 0.2) is 12.2 Å². The number of allylic oxidation sites excluding steroid dienone is 2. The summed E-state index contributed by atoms with van der Waals surface area (Å²) in [4.78, 5) is 12.6. The van der Waals surface area contributed by atoms with Crippen LogP contribution in [0.4, 0.5) is 0 Å². The minimum absolute atomic E-state index is 0.150. The summed E-state index contributed by atoms with van der Waals surface area (Å²) in [6.07, 6.45) is 16.7. The Kier molecular flexibility index (Phi) is 4.51. The van der Waals surface area contributed by atoms with E-state index in [1.807, 2.05) is 6.08 Å². The molecule has 0 unspecified atom stereocenters. The van der Waals surface area contributed by atoms with Crippen molar-refractivity contribution in [3.8, 4) is 0 Å². The fraction of sp³-hybridized carbons (Fsp3) is 0.900. The van der Waals surface area contributed by atoms with Crippen LogP contribution in [0, 0.1) is 56.2 Å². The third kappa shape index (κ3) is 2.64. The first-order valence-corrected chi connectivity index (χ1v) is 13.4. The van der Waals surface area contributed by atoms with Gasteiger partial charge in [0.25, 0.3) is 0 Å². The quantitative estimate of drug-likeness (QED) is 0.382. The summed E-state index contributed by atoms with van der Waals surface area (Å²) in [5, 5.41) is 0. The molecule has 1 heteroatoms. The summed E-state index contributed by atoms with van der Waals surface area (Å²) in [5.74, 6) is 2.75. The summed E-state index contributed by atoms with van der Waals surface area (Å²) in [5.41, 5.74) is 2.42. The van der Waals surface area contributed by atoms with Crippen LogP contribution in [0.3, 0.4) is 0 Å². The zero-order chi connectivity index (χ0) is 22.7. The number of ketones is 1. The highest BCUT2D eigenvalue weighted by Gasteiger charge is 2.70. The van der Waals surface area contributed by atoms with Gasteiger partial charge in [-0.2, -0.15) is 0 Å². The van der Waals surface area contributed by atoms with Gasteiger partial charge < -0.3 is 0 Å². The van der Waals surface area contributed by atoms with Gasteiger partial charge in [0.15, 0.2) is 5.78 Å². The first-order valence-electron chi connectivity index (χ1n) is 13.4. The molecule has 0 bridgehead atoms. The van der Waals surface area contributed by atoms with Gasteiger partial charge in [-0.25, -0.2) is 0 Å². The van der Waals surface area contributed by atoms with Gasteiger partial charge in [-0.1, -0.05) is 61.5 Å². The van der Waals surface area contributed by atoms with Crippen molar-refractivity contribution in [2.45, 2.75) is 113 Å². The van der Waals surface area contributed by atoms with Crippen molar-refractivity contribution in [2.24, 2.45) is 56.2 Å². The zero-order valence-electron chi connectivity index (χ0n) is 21.7. The van der Waals surface area contributed by atoms with Gasteiger partial charge in [-0.3, -0.25) is 4.79 Å². The maximum absolute atomic E-state index is 12.6. The predicted molar refractivity (Wildman–Crippen MR) is 130 cm³/mol. The lowest BCUT2D eigenvalue weighted by Gasteiger charge is -2.74. The molecule has 0 aliphatic heterocycles. The van der Waals surface area contributed by atoms with Crippen molar-refractivity contribution < 1.29 is 4.79 Å². The molecule has 1 nitrogen and oxygen atoms in total. The molecule has 0 aromatic rings. The summed E-state index contributed by atoms with van der Waals surface area (Å²) in [6, 6.07) is 0. The first-order chi connectivity index (χ1) is 14.2. The van der Waals surface area contributed by atoms with E-state index in [0.29, 0.717) is 38.8 Å². The number of rotatable bonds is 0. The van der Waals surface area contributed by atoms with E-state index in [9.17, 15) is 4.79 Å². The second-order valence-electron chi connectivity index (χ2n) is 15.0. The molecule has 174 valence electrons. The van der Waals surface area contributed by atoms with Gasteiger partial charge in [0.1, 0.15) is 0 Å². The molecule has 5 aliphatic carbocycles. The Bertz CT molecular complexity index is 822. The summed E-state index contributed by atoms with van der Waals surface area (Å²) in [6.45, 7) is 20.5. The molecule has 0 N–H and O–H groups in total. The van der Waals surface area contributed by atoms with E-state index in [0.717, 1.165) is 11.8 Å². The van der Waals surface area contributed by atoms with Crippen molar-refractivity contribution in [3.63, 3.8) is 0 Å². The Morgan fingerprint density at radius 3 is 2.06 bits per heavy atom. The van der Waals surface area contributed by atoms with Crippen molar-refractivity contribution >= 4 is 5.78 Å². The van der Waals surface area contributed by atoms with Crippen molar-refractivity contribution in [3.05, 3.63) is 12.2 Å². The van der Waals surface area contributed by atoms with Crippen LogP contribution in [0.25, 0.3) is 0 Å². The third-order valence-corrected chi connectivity index (χ3v) is 13.3. The summed E-state index contributed by atoms with van der Waals surface area (Å²) < 4.78 is 0. The lowest BCUT2D eigenvalue weighted by molar-refractivity contribution is -0.248. The highest BCUT2D eigenvalue weighted by molar-refractivity contribution is 5.93. The smallest absolute Gasteiger partial charge is 0.158 e. The molecule has 4 fully saturated rings. The van der Waals surface area contributed by atoms with Gasteiger partial charge >= 0.3 is 0 Å².